The Kier molecular flexibility index (Phi) is 7.16. The number of Topliss-reactive ketones (excluding diaryl/α,β-unsaturated/α-hetero) is 1. The average molecular weight is 494 g/mol. The third-order valence-electron chi connectivity index (χ3n) is 5.70. The van der Waals surface area contributed by atoms with Gasteiger partial charge in [-0.25, -0.2) is 0 Å². The summed E-state index contributed by atoms with van der Waals surface area (Å²) in [7, 11) is 1.53. The van der Waals surface area contributed by atoms with Gasteiger partial charge in [0, 0.05) is 5.56 Å². The first-order chi connectivity index (χ1) is 16.9. The van der Waals surface area contributed by atoms with Gasteiger partial charge in [-0.1, -0.05) is 61.1 Å². The van der Waals surface area contributed by atoms with Crippen LogP contribution in [0.15, 0.2) is 48.0 Å². The van der Waals surface area contributed by atoms with E-state index in [1.807, 2.05) is 32.9 Å². The van der Waals surface area contributed by atoms with Gasteiger partial charge in [0.05, 0.1) is 25.3 Å². The minimum atomic E-state index is -0.914. The van der Waals surface area contributed by atoms with Crippen LogP contribution in [0.5, 0.6) is 11.5 Å². The first-order valence-electron chi connectivity index (χ1n) is 11.4. The van der Waals surface area contributed by atoms with Gasteiger partial charge < -0.3 is 14.6 Å². The van der Waals surface area contributed by atoms with Crippen LogP contribution in [-0.4, -0.2) is 40.7 Å². The molecule has 35 heavy (non-hydrogen) atoms. The van der Waals surface area contributed by atoms with Gasteiger partial charge in [-0.15, -0.1) is 10.2 Å². The third-order valence-corrected chi connectivity index (χ3v) is 6.77. The van der Waals surface area contributed by atoms with E-state index >= 15 is 0 Å². The number of benzene rings is 2. The zero-order valence-electron chi connectivity index (χ0n) is 20.1. The largest absolute Gasteiger partial charge is 0.507 e. The highest BCUT2D eigenvalue weighted by Gasteiger charge is 2.48. The number of rotatable bonds is 8. The monoisotopic (exact) mass is 493 g/mol. The lowest BCUT2D eigenvalue weighted by molar-refractivity contribution is -0.132. The lowest BCUT2D eigenvalue weighted by Crippen LogP contribution is -2.29. The number of ketones is 1. The molecule has 1 atom stereocenters. The van der Waals surface area contributed by atoms with Gasteiger partial charge in [0.1, 0.15) is 10.8 Å². The summed E-state index contributed by atoms with van der Waals surface area (Å²) in [6, 6.07) is 11.4. The lowest BCUT2D eigenvalue weighted by Gasteiger charge is -2.23. The summed E-state index contributed by atoms with van der Waals surface area (Å²) in [5.74, 6) is -0.790. The second kappa shape index (κ2) is 10.3. The number of amides is 1. The molecule has 1 N–H and O–H groups in total. The van der Waals surface area contributed by atoms with Crippen molar-refractivity contribution in [3.05, 3.63) is 69.7 Å². The molecule has 0 radical (unpaired) electrons. The minimum Gasteiger partial charge on any atom is -0.507 e. The van der Waals surface area contributed by atoms with Gasteiger partial charge >= 0.3 is 5.91 Å². The molecule has 3 aromatic rings. The van der Waals surface area contributed by atoms with E-state index in [0.29, 0.717) is 40.8 Å². The van der Waals surface area contributed by atoms with Crippen molar-refractivity contribution >= 4 is 33.9 Å². The highest BCUT2D eigenvalue weighted by molar-refractivity contribution is 7.15. The number of aryl methyl sites for hydroxylation is 2. The number of methoxy groups -OCH3 is 1. The number of hydrogen-bond acceptors (Lipinski definition) is 8. The fraction of sp³-hybridized carbons (Fsp3) is 0.308. The predicted molar refractivity (Wildman–Crippen MR) is 134 cm³/mol. The standard InChI is InChI=1S/C26H27N3O5S/c1-5-13-34-18-12-11-17(14-19(18)33-4)22-21(23(30)16-9-7-15(3)8-10-16)24(31)25(32)29(22)26-28-27-20(6-2)35-26/h7-12,14,22,30H,5-6,13H2,1-4H3/b23-21+. The maximum Gasteiger partial charge on any atom is 0.301 e. The predicted octanol–water partition coefficient (Wildman–Crippen LogP) is 4.83. The van der Waals surface area contributed by atoms with E-state index in [9.17, 15) is 14.7 Å². The van der Waals surface area contributed by atoms with Gasteiger partial charge in [-0.3, -0.25) is 14.5 Å². The molecule has 1 saturated heterocycles. The van der Waals surface area contributed by atoms with E-state index in [0.717, 1.165) is 17.0 Å². The highest BCUT2D eigenvalue weighted by atomic mass is 32.1. The molecule has 1 unspecified atom stereocenters. The zero-order chi connectivity index (χ0) is 25.1. The first-order valence-corrected chi connectivity index (χ1v) is 12.2. The van der Waals surface area contributed by atoms with Crippen LogP contribution >= 0.6 is 11.3 Å². The van der Waals surface area contributed by atoms with Gasteiger partial charge in [0.2, 0.25) is 5.13 Å². The second-order valence-corrected chi connectivity index (χ2v) is 9.17. The second-order valence-electron chi connectivity index (χ2n) is 8.13. The molecule has 0 saturated carbocycles. The van der Waals surface area contributed by atoms with Crippen molar-refractivity contribution in [3.63, 3.8) is 0 Å². The van der Waals surface area contributed by atoms with E-state index in [4.69, 9.17) is 9.47 Å². The molecular formula is C26H27N3O5S. The number of aliphatic hydroxyl groups is 1. The fourth-order valence-electron chi connectivity index (χ4n) is 3.88. The maximum atomic E-state index is 13.3. The van der Waals surface area contributed by atoms with Crippen LogP contribution in [-0.2, 0) is 16.0 Å². The number of ether oxygens (including phenoxy) is 2. The summed E-state index contributed by atoms with van der Waals surface area (Å²) >= 11 is 1.24. The lowest BCUT2D eigenvalue weighted by atomic mass is 9.95. The number of aromatic nitrogens is 2. The maximum absolute atomic E-state index is 13.3. The third kappa shape index (κ3) is 4.64. The van der Waals surface area contributed by atoms with Gasteiger partial charge in [0.15, 0.2) is 11.5 Å². The van der Waals surface area contributed by atoms with E-state index in [1.54, 1.807) is 30.3 Å². The molecule has 0 spiro atoms. The van der Waals surface area contributed by atoms with Crippen molar-refractivity contribution in [2.24, 2.45) is 0 Å². The van der Waals surface area contributed by atoms with Crippen LogP contribution in [0.2, 0.25) is 0 Å². The normalized spacial score (nSPS) is 17.1. The molecule has 2 aromatic carbocycles. The van der Waals surface area contributed by atoms with Crippen molar-refractivity contribution in [1.29, 1.82) is 0 Å². The SMILES string of the molecule is CCCOc1ccc(C2/C(=C(\O)c3ccc(C)cc3)C(=O)C(=O)N2c2nnc(CC)s2)cc1OC. The molecule has 2 heterocycles. The van der Waals surface area contributed by atoms with Crippen LogP contribution in [0.3, 0.4) is 0 Å². The molecule has 1 aromatic heterocycles. The van der Waals surface area contributed by atoms with Gasteiger partial charge in [0.25, 0.3) is 5.78 Å². The fourth-order valence-corrected chi connectivity index (χ4v) is 4.69. The Bertz CT molecular complexity index is 1280. The van der Waals surface area contributed by atoms with E-state index in [-0.39, 0.29) is 11.3 Å². The Morgan fingerprint density at radius 1 is 1.09 bits per heavy atom. The summed E-state index contributed by atoms with van der Waals surface area (Å²) in [6.07, 6.45) is 1.48. The molecule has 4 rings (SSSR count). The molecule has 1 aliphatic rings. The number of anilines is 1. The molecule has 8 nitrogen and oxygen atoms in total. The first kappa shape index (κ1) is 24.4. The van der Waals surface area contributed by atoms with Crippen molar-refractivity contribution in [2.45, 2.75) is 39.7 Å². The molecule has 1 fully saturated rings. The van der Waals surface area contributed by atoms with Gasteiger partial charge in [-0.05, 0) is 37.5 Å². The zero-order valence-corrected chi connectivity index (χ0v) is 20.9. The minimum absolute atomic E-state index is 0.0172. The molecule has 0 aliphatic carbocycles. The molecule has 1 aliphatic heterocycles. The molecule has 9 heteroatoms. The van der Waals surface area contributed by atoms with Crippen molar-refractivity contribution in [1.82, 2.24) is 10.2 Å². The number of aliphatic hydroxyl groups excluding tert-OH is 1. The topological polar surface area (TPSA) is 102 Å². The van der Waals surface area contributed by atoms with Crippen LogP contribution in [0.25, 0.3) is 5.76 Å². The van der Waals surface area contributed by atoms with Crippen molar-refractivity contribution in [3.8, 4) is 11.5 Å². The number of carbonyl (C=O) groups is 2. The Morgan fingerprint density at radius 2 is 1.83 bits per heavy atom. The average Bonchev–Trinajstić information content (AvgIpc) is 3.45. The summed E-state index contributed by atoms with van der Waals surface area (Å²) in [5.41, 5.74) is 2.01. The van der Waals surface area contributed by atoms with Crippen LogP contribution in [0, 0.1) is 6.92 Å². The number of hydrogen-bond donors (Lipinski definition) is 1. The molecule has 182 valence electrons. The Hall–Kier alpha value is -3.72. The van der Waals surface area contributed by atoms with E-state index in [1.165, 1.54) is 23.3 Å². The Morgan fingerprint density at radius 3 is 2.46 bits per heavy atom. The smallest absolute Gasteiger partial charge is 0.301 e. The Balaban J connectivity index is 1.90. The van der Waals surface area contributed by atoms with Crippen LogP contribution in [0.1, 0.15) is 48.0 Å². The van der Waals surface area contributed by atoms with Crippen molar-refractivity contribution in [2.75, 3.05) is 18.6 Å². The highest BCUT2D eigenvalue weighted by Crippen LogP contribution is 2.44. The number of carbonyl (C=O) groups excluding carboxylic acids is 2. The van der Waals surface area contributed by atoms with Crippen molar-refractivity contribution < 1.29 is 24.2 Å². The van der Waals surface area contributed by atoms with E-state index < -0.39 is 17.7 Å². The Labute approximate surface area is 207 Å². The molecular weight excluding hydrogens is 466 g/mol. The summed E-state index contributed by atoms with van der Waals surface area (Å²) in [6.45, 7) is 6.39. The van der Waals surface area contributed by atoms with E-state index in [2.05, 4.69) is 10.2 Å². The molecule has 0 bridgehead atoms. The summed E-state index contributed by atoms with van der Waals surface area (Å²) in [5, 5.41) is 20.6. The van der Waals surface area contributed by atoms with Crippen LogP contribution < -0.4 is 14.4 Å². The molecule has 1 amide bonds. The quantitative estimate of drug-likeness (QED) is 0.272. The van der Waals surface area contributed by atoms with Crippen LogP contribution in [0.4, 0.5) is 5.13 Å². The summed E-state index contributed by atoms with van der Waals surface area (Å²) < 4.78 is 11.3. The summed E-state index contributed by atoms with van der Waals surface area (Å²) in [4.78, 5) is 27.9. The number of nitrogens with zero attached hydrogens (tertiary/aromatic N) is 3. The van der Waals surface area contributed by atoms with Gasteiger partial charge in [-0.2, -0.15) is 0 Å².